The third-order valence-electron chi connectivity index (χ3n) is 5.65. The Morgan fingerprint density at radius 2 is 1.56 bits per heavy atom. The van der Waals surface area contributed by atoms with Crippen molar-refractivity contribution in [3.05, 3.63) is 95.8 Å². The number of benzene rings is 3. The SMILES string of the molecule is CN1C(=O)C(c2ccccc2)(c2cccc(-c3ccc(F)cc3)c2)NC1(N)OC(=O)C(F)(F)F. The molecule has 6 nitrogen and oxygen atoms in total. The van der Waals surface area contributed by atoms with E-state index in [2.05, 4.69) is 10.1 Å². The second-order valence-corrected chi connectivity index (χ2v) is 7.78. The number of hydrogen-bond acceptors (Lipinski definition) is 5. The zero-order valence-electron chi connectivity index (χ0n) is 17.8. The number of nitrogens with zero attached hydrogens (tertiary/aromatic N) is 1. The molecule has 1 amide bonds. The monoisotopic (exact) mass is 473 g/mol. The predicted molar refractivity (Wildman–Crippen MR) is 114 cm³/mol. The fraction of sp³-hybridized carbons (Fsp3) is 0.167. The van der Waals surface area contributed by atoms with Crippen molar-refractivity contribution in [1.29, 1.82) is 0 Å². The van der Waals surface area contributed by atoms with Crippen LogP contribution < -0.4 is 11.1 Å². The molecule has 3 aromatic rings. The number of amides is 1. The molecule has 0 saturated carbocycles. The molecule has 176 valence electrons. The van der Waals surface area contributed by atoms with Crippen LogP contribution in [0.1, 0.15) is 11.1 Å². The van der Waals surface area contributed by atoms with E-state index in [1.807, 2.05) is 0 Å². The number of carbonyl (C=O) groups is 2. The zero-order chi connectivity index (χ0) is 24.7. The number of nitrogens with one attached hydrogen (secondary N) is 1. The van der Waals surface area contributed by atoms with Gasteiger partial charge in [-0.3, -0.25) is 15.4 Å². The first kappa shape index (κ1) is 23.4. The molecule has 10 heteroatoms. The third-order valence-corrected chi connectivity index (χ3v) is 5.65. The summed E-state index contributed by atoms with van der Waals surface area (Å²) in [6.07, 6.45) is -5.32. The highest BCUT2D eigenvalue weighted by Crippen LogP contribution is 2.41. The van der Waals surface area contributed by atoms with E-state index in [1.54, 1.807) is 66.7 Å². The number of nitrogens with two attached hydrogens (primary N) is 1. The van der Waals surface area contributed by atoms with Gasteiger partial charge in [-0.2, -0.15) is 13.2 Å². The van der Waals surface area contributed by atoms with E-state index in [9.17, 15) is 27.2 Å². The van der Waals surface area contributed by atoms with Gasteiger partial charge in [-0.15, -0.1) is 0 Å². The highest BCUT2D eigenvalue weighted by atomic mass is 19.4. The van der Waals surface area contributed by atoms with Crippen LogP contribution in [0, 0.1) is 5.82 Å². The maximum absolute atomic E-state index is 13.6. The Morgan fingerprint density at radius 3 is 2.18 bits per heavy atom. The summed E-state index contributed by atoms with van der Waals surface area (Å²) in [7, 11) is 1.13. The van der Waals surface area contributed by atoms with Crippen molar-refractivity contribution in [3.8, 4) is 11.1 Å². The molecule has 1 saturated heterocycles. The van der Waals surface area contributed by atoms with Gasteiger partial charge in [0.05, 0.1) is 0 Å². The van der Waals surface area contributed by atoms with Gasteiger partial charge in [0.15, 0.2) is 5.54 Å². The van der Waals surface area contributed by atoms with E-state index in [4.69, 9.17) is 5.73 Å². The lowest BCUT2D eigenvalue weighted by molar-refractivity contribution is -0.228. The van der Waals surface area contributed by atoms with Crippen molar-refractivity contribution in [1.82, 2.24) is 10.2 Å². The van der Waals surface area contributed by atoms with Crippen LogP contribution in [0.25, 0.3) is 11.1 Å². The van der Waals surface area contributed by atoms with Crippen molar-refractivity contribution >= 4 is 11.9 Å². The molecule has 1 aliphatic rings. The lowest BCUT2D eigenvalue weighted by Gasteiger charge is -2.32. The highest BCUT2D eigenvalue weighted by Gasteiger charge is 2.62. The molecule has 4 rings (SSSR count). The molecule has 0 spiro atoms. The Labute approximate surface area is 191 Å². The number of carbonyl (C=O) groups excluding carboxylic acids is 2. The lowest BCUT2D eigenvalue weighted by Crippen LogP contribution is -2.64. The van der Waals surface area contributed by atoms with E-state index >= 15 is 0 Å². The predicted octanol–water partition coefficient (Wildman–Crippen LogP) is 3.47. The first-order valence-corrected chi connectivity index (χ1v) is 10.1. The maximum Gasteiger partial charge on any atom is 0.491 e. The maximum atomic E-state index is 13.6. The van der Waals surface area contributed by atoms with Gasteiger partial charge >= 0.3 is 18.1 Å². The Balaban J connectivity index is 1.86. The van der Waals surface area contributed by atoms with Gasteiger partial charge in [0.1, 0.15) is 5.82 Å². The second-order valence-electron chi connectivity index (χ2n) is 7.78. The average molecular weight is 473 g/mol. The minimum atomic E-state index is -5.32. The molecular formula is C24H19F4N3O3. The van der Waals surface area contributed by atoms with Gasteiger partial charge < -0.3 is 4.74 Å². The molecule has 3 N–H and O–H groups in total. The molecular weight excluding hydrogens is 454 g/mol. The minimum absolute atomic E-state index is 0.327. The molecule has 1 aliphatic heterocycles. The van der Waals surface area contributed by atoms with Crippen molar-refractivity contribution in [2.75, 3.05) is 7.05 Å². The van der Waals surface area contributed by atoms with Gasteiger partial charge in [0.25, 0.3) is 5.91 Å². The van der Waals surface area contributed by atoms with Crippen molar-refractivity contribution in [2.24, 2.45) is 5.73 Å². The fourth-order valence-electron chi connectivity index (χ4n) is 3.92. The Hall–Kier alpha value is -3.76. The van der Waals surface area contributed by atoms with E-state index in [0.29, 0.717) is 27.2 Å². The van der Waals surface area contributed by atoms with E-state index < -0.39 is 35.4 Å². The number of rotatable bonds is 4. The average Bonchev–Trinajstić information content (AvgIpc) is 3.01. The highest BCUT2D eigenvalue weighted by molar-refractivity contribution is 5.95. The molecule has 0 aromatic heterocycles. The van der Waals surface area contributed by atoms with Crippen LogP contribution in [0.5, 0.6) is 0 Å². The smallest absolute Gasteiger partial charge is 0.404 e. The van der Waals surface area contributed by atoms with Gasteiger partial charge in [-0.05, 0) is 40.5 Å². The Kier molecular flexibility index (Phi) is 5.66. The number of likely N-dealkylation sites (N-methyl/N-ethyl adjacent to an activating group) is 1. The summed E-state index contributed by atoms with van der Waals surface area (Å²) in [6.45, 7) is 0. The number of alkyl halides is 3. The largest absolute Gasteiger partial charge is 0.491 e. The van der Waals surface area contributed by atoms with Crippen molar-refractivity contribution in [3.63, 3.8) is 0 Å². The van der Waals surface area contributed by atoms with Crippen molar-refractivity contribution in [2.45, 2.75) is 17.7 Å². The minimum Gasteiger partial charge on any atom is -0.404 e. The normalized spacial score (nSPS) is 22.6. The molecule has 0 aliphatic carbocycles. The van der Waals surface area contributed by atoms with Gasteiger partial charge in [0, 0.05) is 7.05 Å². The van der Waals surface area contributed by atoms with E-state index in [-0.39, 0.29) is 0 Å². The van der Waals surface area contributed by atoms with Gasteiger partial charge in [-0.25, -0.2) is 14.5 Å². The van der Waals surface area contributed by atoms with E-state index in [0.717, 1.165) is 7.05 Å². The van der Waals surface area contributed by atoms with Crippen LogP contribution in [-0.4, -0.2) is 36.0 Å². The molecule has 2 atom stereocenters. The van der Waals surface area contributed by atoms with Gasteiger partial charge in [0.2, 0.25) is 0 Å². The first-order valence-electron chi connectivity index (χ1n) is 10.1. The summed E-state index contributed by atoms with van der Waals surface area (Å²) in [5, 5.41) is 2.65. The summed E-state index contributed by atoms with van der Waals surface area (Å²) in [5.74, 6) is -6.31. The standard InChI is InChI=1S/C24H19F4N3O3/c1-31-20(32)22(17-7-3-2-4-8-17,30-24(31,29)34-21(33)23(26,27)28)18-9-5-6-16(14-18)15-10-12-19(25)13-11-15/h2-14,30H,29H2,1H3. The molecule has 34 heavy (non-hydrogen) atoms. The molecule has 3 aromatic carbocycles. The molecule has 1 heterocycles. The third kappa shape index (κ3) is 3.91. The zero-order valence-corrected chi connectivity index (χ0v) is 17.8. The van der Waals surface area contributed by atoms with Crippen molar-refractivity contribution < 1.29 is 31.9 Å². The first-order chi connectivity index (χ1) is 16.0. The molecule has 2 unspecified atom stereocenters. The summed E-state index contributed by atoms with van der Waals surface area (Å²) >= 11 is 0. The quantitative estimate of drug-likeness (QED) is 0.345. The number of halogens is 4. The van der Waals surface area contributed by atoms with Crippen LogP contribution in [0.15, 0.2) is 78.9 Å². The molecule has 1 fully saturated rings. The fourth-order valence-corrected chi connectivity index (χ4v) is 3.92. The molecule has 0 radical (unpaired) electrons. The number of esters is 1. The number of hydrogen-bond donors (Lipinski definition) is 2. The van der Waals surface area contributed by atoms with Crippen LogP contribution in [0.3, 0.4) is 0 Å². The van der Waals surface area contributed by atoms with Crippen LogP contribution in [-0.2, 0) is 19.9 Å². The second kappa shape index (κ2) is 8.23. The summed E-state index contributed by atoms with van der Waals surface area (Å²) in [4.78, 5) is 25.9. The van der Waals surface area contributed by atoms with E-state index in [1.165, 1.54) is 12.1 Å². The topological polar surface area (TPSA) is 84.7 Å². The summed E-state index contributed by atoms with van der Waals surface area (Å²) in [5.41, 5.74) is 6.18. The Morgan fingerprint density at radius 1 is 0.941 bits per heavy atom. The Bertz CT molecular complexity index is 1230. The van der Waals surface area contributed by atoms with Crippen LogP contribution in [0.4, 0.5) is 17.6 Å². The summed E-state index contributed by atoms with van der Waals surface area (Å²) < 4.78 is 56.7. The molecule has 0 bridgehead atoms. The van der Waals surface area contributed by atoms with Crippen LogP contribution in [0.2, 0.25) is 0 Å². The van der Waals surface area contributed by atoms with Crippen LogP contribution >= 0.6 is 0 Å². The summed E-state index contributed by atoms with van der Waals surface area (Å²) in [6, 6.07) is 20.5. The number of ether oxygens (including phenoxy) is 1. The van der Waals surface area contributed by atoms with Gasteiger partial charge in [-0.1, -0.05) is 60.7 Å². The lowest BCUT2D eigenvalue weighted by atomic mass is 9.81.